The summed E-state index contributed by atoms with van der Waals surface area (Å²) in [6.07, 6.45) is -2.69. The molecular formula is C7H9F3N2O3. The maximum atomic E-state index is 10.6. The Morgan fingerprint density at radius 2 is 2.13 bits per heavy atom. The van der Waals surface area contributed by atoms with Crippen LogP contribution in [0.5, 0.6) is 0 Å². The van der Waals surface area contributed by atoms with Crippen LogP contribution >= 0.6 is 0 Å². The lowest BCUT2D eigenvalue weighted by Crippen LogP contribution is -2.21. The molecule has 8 heteroatoms. The molecule has 0 radical (unpaired) electrons. The van der Waals surface area contributed by atoms with Crippen molar-refractivity contribution in [2.24, 2.45) is 5.73 Å². The van der Waals surface area contributed by atoms with Gasteiger partial charge >= 0.3 is 12.1 Å². The normalized spacial score (nSPS) is 10.4. The third-order valence-electron chi connectivity index (χ3n) is 1.12. The fourth-order valence-corrected chi connectivity index (χ4v) is 0.513. The van der Waals surface area contributed by atoms with Crippen molar-refractivity contribution in [2.45, 2.75) is 12.6 Å². The van der Waals surface area contributed by atoms with Gasteiger partial charge in [-0.15, -0.1) is 0 Å². The number of nitrogens with two attached hydrogens (primary N) is 1. The van der Waals surface area contributed by atoms with E-state index in [4.69, 9.17) is 20.2 Å². The SMILES string of the molecule is NCCc1ccno1.O=C(O)C(F)(F)F. The highest BCUT2D eigenvalue weighted by molar-refractivity contribution is 5.73. The molecule has 0 saturated heterocycles. The van der Waals surface area contributed by atoms with Gasteiger partial charge in [0.1, 0.15) is 5.76 Å². The first-order chi connectivity index (χ1) is 6.88. The van der Waals surface area contributed by atoms with Crippen molar-refractivity contribution in [3.63, 3.8) is 0 Å². The standard InChI is InChI=1S/C5H8N2O.C2HF3O2/c6-3-1-5-2-4-7-8-5;3-2(4,5)1(6)7/h2,4H,1,3,6H2;(H,6,7). The first kappa shape index (κ1) is 13.4. The van der Waals surface area contributed by atoms with E-state index < -0.39 is 12.1 Å². The van der Waals surface area contributed by atoms with Gasteiger partial charge in [-0.1, -0.05) is 5.16 Å². The number of halogens is 3. The van der Waals surface area contributed by atoms with Crippen LogP contribution in [0.15, 0.2) is 16.8 Å². The number of hydrogen-bond donors (Lipinski definition) is 2. The predicted molar refractivity (Wildman–Crippen MR) is 43.0 cm³/mol. The van der Waals surface area contributed by atoms with Crippen LogP contribution in [-0.2, 0) is 11.2 Å². The zero-order valence-electron chi connectivity index (χ0n) is 7.49. The fourth-order valence-electron chi connectivity index (χ4n) is 0.513. The lowest BCUT2D eigenvalue weighted by atomic mass is 10.3. The van der Waals surface area contributed by atoms with Crippen LogP contribution in [0.4, 0.5) is 13.2 Å². The summed E-state index contributed by atoms with van der Waals surface area (Å²) in [4.78, 5) is 8.90. The molecule has 0 aliphatic rings. The van der Waals surface area contributed by atoms with Crippen LogP contribution in [0.1, 0.15) is 5.76 Å². The lowest BCUT2D eigenvalue weighted by Gasteiger charge is -1.93. The van der Waals surface area contributed by atoms with E-state index in [1.165, 1.54) is 0 Å². The van der Waals surface area contributed by atoms with Crippen molar-refractivity contribution in [2.75, 3.05) is 6.54 Å². The summed E-state index contributed by atoms with van der Waals surface area (Å²) >= 11 is 0. The summed E-state index contributed by atoms with van der Waals surface area (Å²) in [7, 11) is 0. The van der Waals surface area contributed by atoms with Crippen molar-refractivity contribution in [1.82, 2.24) is 5.16 Å². The maximum Gasteiger partial charge on any atom is 0.490 e. The average molecular weight is 226 g/mol. The third kappa shape index (κ3) is 6.49. The smallest absolute Gasteiger partial charge is 0.475 e. The number of rotatable bonds is 2. The number of nitrogens with zero attached hydrogens (tertiary/aromatic N) is 1. The molecule has 1 heterocycles. The van der Waals surface area contributed by atoms with Crippen molar-refractivity contribution in [1.29, 1.82) is 0 Å². The highest BCUT2D eigenvalue weighted by Gasteiger charge is 2.38. The van der Waals surface area contributed by atoms with E-state index >= 15 is 0 Å². The molecule has 0 atom stereocenters. The van der Waals surface area contributed by atoms with Gasteiger partial charge in [-0.2, -0.15) is 13.2 Å². The second-order valence-electron chi connectivity index (χ2n) is 2.32. The first-order valence-electron chi connectivity index (χ1n) is 3.77. The van der Waals surface area contributed by atoms with Crippen LogP contribution in [-0.4, -0.2) is 29.0 Å². The summed E-state index contributed by atoms with van der Waals surface area (Å²) in [5.41, 5.74) is 5.23. The summed E-state index contributed by atoms with van der Waals surface area (Å²) in [6.45, 7) is 0.620. The summed E-state index contributed by atoms with van der Waals surface area (Å²) in [5, 5.41) is 10.6. The van der Waals surface area contributed by atoms with Crippen LogP contribution in [0.2, 0.25) is 0 Å². The van der Waals surface area contributed by atoms with E-state index in [2.05, 4.69) is 5.16 Å². The minimum Gasteiger partial charge on any atom is -0.475 e. The number of aromatic nitrogens is 1. The number of aliphatic carboxylic acids is 1. The Balaban J connectivity index is 0.000000265. The number of alkyl halides is 3. The molecule has 0 spiro atoms. The Morgan fingerprint density at radius 1 is 1.60 bits per heavy atom. The molecule has 0 unspecified atom stereocenters. The van der Waals surface area contributed by atoms with Gasteiger partial charge in [0.25, 0.3) is 0 Å². The molecular weight excluding hydrogens is 217 g/mol. The van der Waals surface area contributed by atoms with Gasteiger partial charge in [0, 0.05) is 12.5 Å². The van der Waals surface area contributed by atoms with Gasteiger partial charge in [-0.25, -0.2) is 4.79 Å². The molecule has 0 aliphatic carbocycles. The largest absolute Gasteiger partial charge is 0.490 e. The highest BCUT2D eigenvalue weighted by atomic mass is 19.4. The molecule has 0 fully saturated rings. The van der Waals surface area contributed by atoms with E-state index in [9.17, 15) is 13.2 Å². The van der Waals surface area contributed by atoms with Gasteiger partial charge in [-0.3, -0.25) is 0 Å². The van der Waals surface area contributed by atoms with Gasteiger partial charge in [0.2, 0.25) is 0 Å². The fraction of sp³-hybridized carbons (Fsp3) is 0.429. The Morgan fingerprint density at radius 3 is 2.40 bits per heavy atom. The van der Waals surface area contributed by atoms with E-state index in [1.54, 1.807) is 6.20 Å². The molecule has 0 saturated carbocycles. The maximum absolute atomic E-state index is 10.6. The Kier molecular flexibility index (Phi) is 5.39. The van der Waals surface area contributed by atoms with Gasteiger partial charge in [-0.05, 0) is 6.54 Å². The number of carbonyl (C=O) groups is 1. The number of hydrogen-bond acceptors (Lipinski definition) is 4. The average Bonchev–Trinajstić information content (AvgIpc) is 2.57. The molecule has 86 valence electrons. The quantitative estimate of drug-likeness (QED) is 0.778. The second-order valence-corrected chi connectivity index (χ2v) is 2.32. The minimum atomic E-state index is -5.08. The molecule has 0 amide bonds. The summed E-state index contributed by atoms with van der Waals surface area (Å²) < 4.78 is 36.5. The lowest BCUT2D eigenvalue weighted by molar-refractivity contribution is -0.192. The van der Waals surface area contributed by atoms with E-state index in [-0.39, 0.29) is 0 Å². The van der Waals surface area contributed by atoms with Crippen molar-refractivity contribution >= 4 is 5.97 Å². The van der Waals surface area contributed by atoms with E-state index in [0.29, 0.717) is 6.54 Å². The van der Waals surface area contributed by atoms with Gasteiger partial charge < -0.3 is 15.4 Å². The minimum absolute atomic E-state index is 0.620. The van der Waals surface area contributed by atoms with Crippen LogP contribution in [0, 0.1) is 0 Å². The van der Waals surface area contributed by atoms with E-state index in [0.717, 1.165) is 12.2 Å². The zero-order valence-corrected chi connectivity index (χ0v) is 7.49. The molecule has 1 rings (SSSR count). The number of carboxylic acids is 1. The Labute approximate surface area is 82.7 Å². The molecule has 15 heavy (non-hydrogen) atoms. The highest BCUT2D eigenvalue weighted by Crippen LogP contribution is 2.13. The van der Waals surface area contributed by atoms with Gasteiger partial charge in [0.15, 0.2) is 0 Å². The first-order valence-corrected chi connectivity index (χ1v) is 3.77. The van der Waals surface area contributed by atoms with Crippen molar-refractivity contribution < 1.29 is 27.6 Å². The molecule has 1 aromatic heterocycles. The number of carboxylic acid groups (broad SMARTS) is 1. The molecule has 5 nitrogen and oxygen atoms in total. The summed E-state index contributed by atoms with van der Waals surface area (Å²) in [5.74, 6) is -1.90. The topological polar surface area (TPSA) is 89.4 Å². The summed E-state index contributed by atoms with van der Waals surface area (Å²) in [6, 6.07) is 1.81. The zero-order chi connectivity index (χ0) is 11.9. The van der Waals surface area contributed by atoms with Crippen LogP contribution in [0.25, 0.3) is 0 Å². The molecule has 1 aromatic rings. The van der Waals surface area contributed by atoms with Crippen LogP contribution in [0.3, 0.4) is 0 Å². The monoisotopic (exact) mass is 226 g/mol. The third-order valence-corrected chi connectivity index (χ3v) is 1.12. The second kappa shape index (κ2) is 6.02. The van der Waals surface area contributed by atoms with E-state index in [1.807, 2.05) is 6.07 Å². The predicted octanol–water partition coefficient (Wildman–Crippen LogP) is 0.809. The molecule has 3 N–H and O–H groups in total. The Hall–Kier alpha value is -1.57. The molecule has 0 bridgehead atoms. The van der Waals surface area contributed by atoms with Crippen molar-refractivity contribution in [3.05, 3.63) is 18.0 Å². The van der Waals surface area contributed by atoms with Crippen molar-refractivity contribution in [3.8, 4) is 0 Å². The van der Waals surface area contributed by atoms with Crippen LogP contribution < -0.4 is 5.73 Å². The Bertz CT molecular complexity index is 284. The molecule has 0 aliphatic heterocycles. The van der Waals surface area contributed by atoms with Gasteiger partial charge in [0.05, 0.1) is 6.20 Å². The molecule has 0 aromatic carbocycles.